The van der Waals surface area contributed by atoms with Gasteiger partial charge in [-0.25, -0.2) is 0 Å². The van der Waals surface area contributed by atoms with E-state index in [0.29, 0.717) is 38.3 Å². The van der Waals surface area contributed by atoms with Crippen molar-refractivity contribution in [2.75, 3.05) is 6.54 Å². The van der Waals surface area contributed by atoms with Crippen LogP contribution >= 0.6 is 0 Å². The summed E-state index contributed by atoms with van der Waals surface area (Å²) in [5, 5.41) is 3.09. The fraction of sp³-hybridized carbons (Fsp3) is 0.375. The number of hydrogen-bond acceptors (Lipinski definition) is 2. The zero-order valence-corrected chi connectivity index (χ0v) is 22.2. The van der Waals surface area contributed by atoms with Crippen LogP contribution in [0.4, 0.5) is 0 Å². The molecule has 0 heterocycles. The predicted octanol–water partition coefficient (Wildman–Crippen LogP) is 5.90. The molecule has 0 aliphatic rings. The normalized spacial score (nSPS) is 11.8. The molecule has 0 aromatic heterocycles. The summed E-state index contributed by atoms with van der Waals surface area (Å²) in [5.74, 6) is 0.234. The van der Waals surface area contributed by atoms with Crippen molar-refractivity contribution in [1.82, 2.24) is 10.2 Å². The quantitative estimate of drug-likeness (QED) is 0.348. The number of amides is 2. The van der Waals surface area contributed by atoms with Crippen molar-refractivity contribution in [3.05, 3.63) is 107 Å². The molecule has 0 spiro atoms. The number of nitrogens with zero attached hydrogens (tertiary/aromatic N) is 1. The minimum atomic E-state index is -0.583. The van der Waals surface area contributed by atoms with Gasteiger partial charge < -0.3 is 10.2 Å². The van der Waals surface area contributed by atoms with Crippen LogP contribution in [0.2, 0.25) is 0 Å². The molecule has 1 N–H and O–H groups in total. The van der Waals surface area contributed by atoms with Gasteiger partial charge in [-0.2, -0.15) is 0 Å². The van der Waals surface area contributed by atoms with Crippen LogP contribution in [0, 0.1) is 12.8 Å². The maximum atomic E-state index is 13.8. The lowest BCUT2D eigenvalue weighted by Crippen LogP contribution is -2.51. The van der Waals surface area contributed by atoms with E-state index in [-0.39, 0.29) is 11.8 Å². The zero-order chi connectivity index (χ0) is 25.9. The van der Waals surface area contributed by atoms with Gasteiger partial charge in [0.1, 0.15) is 6.04 Å². The van der Waals surface area contributed by atoms with Crippen LogP contribution < -0.4 is 5.32 Å². The Morgan fingerprint density at radius 2 is 1.47 bits per heavy atom. The standard InChI is InChI=1S/C32H40N2O2/c1-5-26-15-17-27(18-16-26)19-20-31(35)34(23-29-14-10-9-11-25(29)4)30(32(36)33-22-24(2)3)21-28-12-7-6-8-13-28/h6-18,24,30H,5,19-23H2,1-4H3,(H,33,36)/t30-/m1/s1. The summed E-state index contributed by atoms with van der Waals surface area (Å²) in [6.45, 7) is 9.34. The highest BCUT2D eigenvalue weighted by atomic mass is 16.2. The number of aryl methyl sites for hydroxylation is 3. The third kappa shape index (κ3) is 8.08. The molecule has 0 fully saturated rings. The van der Waals surface area contributed by atoms with Crippen LogP contribution in [0.5, 0.6) is 0 Å². The van der Waals surface area contributed by atoms with Gasteiger partial charge in [-0.3, -0.25) is 9.59 Å². The Labute approximate surface area is 216 Å². The molecule has 3 rings (SSSR count). The molecule has 2 amide bonds. The second-order valence-electron chi connectivity index (χ2n) is 9.96. The number of benzene rings is 3. The van der Waals surface area contributed by atoms with E-state index in [1.54, 1.807) is 4.90 Å². The Kier molecular flexibility index (Phi) is 10.3. The molecule has 3 aromatic rings. The molecule has 4 nitrogen and oxygen atoms in total. The maximum absolute atomic E-state index is 13.8. The number of nitrogens with one attached hydrogen (secondary N) is 1. The molecular weight excluding hydrogens is 444 g/mol. The average Bonchev–Trinajstić information content (AvgIpc) is 2.89. The summed E-state index contributed by atoms with van der Waals surface area (Å²) in [6.07, 6.45) is 2.49. The Balaban J connectivity index is 1.89. The number of rotatable bonds is 12. The Morgan fingerprint density at radius 3 is 2.11 bits per heavy atom. The minimum Gasteiger partial charge on any atom is -0.354 e. The fourth-order valence-electron chi connectivity index (χ4n) is 4.28. The lowest BCUT2D eigenvalue weighted by molar-refractivity contribution is -0.141. The molecular formula is C32H40N2O2. The van der Waals surface area contributed by atoms with Crippen molar-refractivity contribution in [2.24, 2.45) is 5.92 Å². The predicted molar refractivity (Wildman–Crippen MR) is 148 cm³/mol. The molecule has 0 aliphatic carbocycles. The highest BCUT2D eigenvalue weighted by molar-refractivity contribution is 5.88. The lowest BCUT2D eigenvalue weighted by atomic mass is 10.00. The molecule has 0 radical (unpaired) electrons. The van der Waals surface area contributed by atoms with E-state index >= 15 is 0 Å². The van der Waals surface area contributed by atoms with E-state index in [1.807, 2.05) is 48.5 Å². The van der Waals surface area contributed by atoms with Gasteiger partial charge in [0.05, 0.1) is 0 Å². The molecule has 0 saturated carbocycles. The van der Waals surface area contributed by atoms with Crippen LogP contribution in [0.25, 0.3) is 0 Å². The van der Waals surface area contributed by atoms with Crippen molar-refractivity contribution >= 4 is 11.8 Å². The van der Waals surface area contributed by atoms with Gasteiger partial charge in [-0.05, 0) is 53.5 Å². The van der Waals surface area contributed by atoms with E-state index in [4.69, 9.17) is 0 Å². The van der Waals surface area contributed by atoms with Gasteiger partial charge >= 0.3 is 0 Å². The number of carbonyl (C=O) groups is 2. The van der Waals surface area contributed by atoms with Crippen LogP contribution in [0.15, 0.2) is 78.9 Å². The van der Waals surface area contributed by atoms with E-state index in [0.717, 1.165) is 28.7 Å². The summed E-state index contributed by atoms with van der Waals surface area (Å²) in [5.41, 5.74) is 5.65. The van der Waals surface area contributed by atoms with E-state index in [1.165, 1.54) is 5.56 Å². The molecule has 190 valence electrons. The maximum Gasteiger partial charge on any atom is 0.243 e. The molecule has 0 aliphatic heterocycles. The van der Waals surface area contributed by atoms with Crippen molar-refractivity contribution < 1.29 is 9.59 Å². The van der Waals surface area contributed by atoms with Gasteiger partial charge in [-0.15, -0.1) is 0 Å². The van der Waals surface area contributed by atoms with Crippen molar-refractivity contribution in [3.8, 4) is 0 Å². The molecule has 3 aromatic carbocycles. The molecule has 0 saturated heterocycles. The fourth-order valence-corrected chi connectivity index (χ4v) is 4.28. The van der Waals surface area contributed by atoms with E-state index in [9.17, 15) is 9.59 Å². The van der Waals surface area contributed by atoms with E-state index < -0.39 is 6.04 Å². The van der Waals surface area contributed by atoms with Gasteiger partial charge in [0.25, 0.3) is 0 Å². The molecule has 0 unspecified atom stereocenters. The first-order valence-corrected chi connectivity index (χ1v) is 13.1. The van der Waals surface area contributed by atoms with Crippen molar-refractivity contribution in [1.29, 1.82) is 0 Å². The number of hydrogen-bond donors (Lipinski definition) is 1. The van der Waals surface area contributed by atoms with Crippen LogP contribution in [-0.2, 0) is 35.4 Å². The first kappa shape index (κ1) is 27.2. The average molecular weight is 485 g/mol. The van der Waals surface area contributed by atoms with Gasteiger partial charge in [0.2, 0.25) is 11.8 Å². The first-order chi connectivity index (χ1) is 17.4. The number of carbonyl (C=O) groups excluding carboxylic acids is 2. The Bertz CT molecular complexity index is 1110. The smallest absolute Gasteiger partial charge is 0.243 e. The first-order valence-electron chi connectivity index (χ1n) is 13.1. The third-order valence-corrected chi connectivity index (χ3v) is 6.62. The summed E-state index contributed by atoms with van der Waals surface area (Å²) in [7, 11) is 0. The summed E-state index contributed by atoms with van der Waals surface area (Å²) in [4.78, 5) is 29.1. The summed E-state index contributed by atoms with van der Waals surface area (Å²) in [6, 6.07) is 25.9. The second-order valence-corrected chi connectivity index (χ2v) is 9.96. The Hall–Kier alpha value is -3.40. The summed E-state index contributed by atoms with van der Waals surface area (Å²) < 4.78 is 0. The Morgan fingerprint density at radius 1 is 0.833 bits per heavy atom. The molecule has 4 heteroatoms. The molecule has 36 heavy (non-hydrogen) atoms. The third-order valence-electron chi connectivity index (χ3n) is 6.62. The SMILES string of the molecule is CCc1ccc(CCC(=O)N(Cc2ccccc2C)[C@H](Cc2ccccc2)C(=O)NCC(C)C)cc1. The highest BCUT2D eigenvalue weighted by Crippen LogP contribution is 2.19. The lowest BCUT2D eigenvalue weighted by Gasteiger charge is -2.32. The topological polar surface area (TPSA) is 49.4 Å². The summed E-state index contributed by atoms with van der Waals surface area (Å²) >= 11 is 0. The minimum absolute atomic E-state index is 0.00144. The van der Waals surface area contributed by atoms with Crippen LogP contribution in [0.1, 0.15) is 55.0 Å². The monoisotopic (exact) mass is 484 g/mol. The zero-order valence-electron chi connectivity index (χ0n) is 22.2. The second kappa shape index (κ2) is 13.6. The van der Waals surface area contributed by atoms with Gasteiger partial charge in [-0.1, -0.05) is 99.6 Å². The molecule has 0 bridgehead atoms. The van der Waals surface area contributed by atoms with Gasteiger partial charge in [0, 0.05) is 25.9 Å². The van der Waals surface area contributed by atoms with E-state index in [2.05, 4.69) is 63.3 Å². The van der Waals surface area contributed by atoms with Gasteiger partial charge in [0.15, 0.2) is 0 Å². The van der Waals surface area contributed by atoms with Crippen LogP contribution in [0.3, 0.4) is 0 Å². The van der Waals surface area contributed by atoms with Crippen molar-refractivity contribution in [3.63, 3.8) is 0 Å². The highest BCUT2D eigenvalue weighted by Gasteiger charge is 2.30. The van der Waals surface area contributed by atoms with Crippen LogP contribution in [-0.4, -0.2) is 29.3 Å². The largest absolute Gasteiger partial charge is 0.354 e. The molecule has 1 atom stereocenters. The van der Waals surface area contributed by atoms with Crippen molar-refractivity contribution in [2.45, 2.75) is 66.0 Å².